The van der Waals surface area contributed by atoms with Crippen LogP contribution < -0.4 is 16.4 Å². The molecule has 1 aromatic carbocycles. The van der Waals surface area contributed by atoms with Gasteiger partial charge < -0.3 is 16.4 Å². The molecule has 0 bridgehead atoms. The van der Waals surface area contributed by atoms with Crippen molar-refractivity contribution in [1.29, 1.82) is 0 Å². The first-order valence-electron chi connectivity index (χ1n) is 6.44. The topological polar surface area (TPSA) is 110 Å². The number of hydrogen-bond acceptors (Lipinski definition) is 5. The Morgan fingerprint density at radius 1 is 1.35 bits per heavy atom. The molecule has 0 aromatic heterocycles. The van der Waals surface area contributed by atoms with Gasteiger partial charge in [-0.1, -0.05) is 13.8 Å². The number of nitro groups is 1. The summed E-state index contributed by atoms with van der Waals surface area (Å²) in [7, 11) is 0. The van der Waals surface area contributed by atoms with E-state index in [4.69, 9.17) is 5.73 Å². The van der Waals surface area contributed by atoms with Crippen LogP contribution in [-0.2, 0) is 4.79 Å². The fourth-order valence-electron chi connectivity index (χ4n) is 1.85. The zero-order valence-corrected chi connectivity index (χ0v) is 11.8. The maximum Gasteiger partial charge on any atom is 0.273 e. The number of nitrogens with two attached hydrogens (primary N) is 1. The zero-order valence-electron chi connectivity index (χ0n) is 11.8. The number of anilines is 2. The third-order valence-electron chi connectivity index (χ3n) is 2.80. The number of benzene rings is 1. The molecule has 20 heavy (non-hydrogen) atoms. The van der Waals surface area contributed by atoms with E-state index in [1.807, 2.05) is 20.8 Å². The quantitative estimate of drug-likeness (QED) is 0.522. The van der Waals surface area contributed by atoms with Crippen LogP contribution in [0.1, 0.15) is 20.8 Å². The molecule has 1 unspecified atom stereocenters. The molecule has 4 N–H and O–H groups in total. The fourth-order valence-corrected chi connectivity index (χ4v) is 1.85. The molecule has 0 spiro atoms. The lowest BCUT2D eigenvalue weighted by molar-refractivity contribution is -0.384. The lowest BCUT2D eigenvalue weighted by Gasteiger charge is -2.20. The highest BCUT2D eigenvalue weighted by Gasteiger charge is 2.20. The summed E-state index contributed by atoms with van der Waals surface area (Å²) in [6, 6.07) is 3.98. The van der Waals surface area contributed by atoms with Crippen molar-refractivity contribution < 1.29 is 9.72 Å². The van der Waals surface area contributed by atoms with Crippen molar-refractivity contribution in [3.63, 3.8) is 0 Å². The molecule has 0 radical (unpaired) electrons. The minimum Gasteiger partial charge on any atom is -0.385 e. The number of nitrogens with zero attached hydrogens (tertiary/aromatic N) is 1. The number of primary amides is 1. The highest BCUT2D eigenvalue weighted by Crippen LogP contribution is 2.25. The summed E-state index contributed by atoms with van der Waals surface area (Å²) in [4.78, 5) is 21.8. The van der Waals surface area contributed by atoms with Gasteiger partial charge in [-0.25, -0.2) is 0 Å². The maximum atomic E-state index is 11.4. The van der Waals surface area contributed by atoms with Crippen LogP contribution >= 0.6 is 0 Å². The van der Waals surface area contributed by atoms with Crippen LogP contribution in [0.3, 0.4) is 0 Å². The lowest BCUT2D eigenvalue weighted by atomic mass is 10.0. The Labute approximate surface area is 117 Å². The number of carbonyl (C=O) groups is 1. The zero-order chi connectivity index (χ0) is 15.3. The molecule has 0 aliphatic carbocycles. The third-order valence-corrected chi connectivity index (χ3v) is 2.80. The van der Waals surface area contributed by atoms with Crippen molar-refractivity contribution in [2.75, 3.05) is 17.2 Å². The molecule has 1 amide bonds. The van der Waals surface area contributed by atoms with Gasteiger partial charge in [0.2, 0.25) is 5.91 Å². The second-order valence-corrected chi connectivity index (χ2v) is 4.82. The van der Waals surface area contributed by atoms with Gasteiger partial charge >= 0.3 is 0 Å². The molecular formula is C13H20N4O3. The summed E-state index contributed by atoms with van der Waals surface area (Å²) in [6.45, 7) is 6.24. The van der Waals surface area contributed by atoms with E-state index in [2.05, 4.69) is 10.6 Å². The summed E-state index contributed by atoms with van der Waals surface area (Å²) in [5, 5.41) is 16.9. The summed E-state index contributed by atoms with van der Waals surface area (Å²) >= 11 is 0. The van der Waals surface area contributed by atoms with Crippen LogP contribution in [0.5, 0.6) is 0 Å². The predicted molar refractivity (Wildman–Crippen MR) is 78.7 cm³/mol. The molecular weight excluding hydrogens is 260 g/mol. The molecule has 7 heteroatoms. The third kappa shape index (κ3) is 4.11. The van der Waals surface area contributed by atoms with E-state index < -0.39 is 16.9 Å². The SMILES string of the molecule is CCNc1cc(NC(C(N)=O)C(C)C)cc([N+](=O)[O-])c1. The van der Waals surface area contributed by atoms with Crippen LogP contribution in [0.4, 0.5) is 17.1 Å². The molecule has 0 aliphatic rings. The van der Waals surface area contributed by atoms with Crippen molar-refractivity contribution in [3.05, 3.63) is 28.3 Å². The molecule has 7 nitrogen and oxygen atoms in total. The molecule has 0 saturated carbocycles. The molecule has 0 aliphatic heterocycles. The number of carbonyl (C=O) groups excluding carboxylic acids is 1. The largest absolute Gasteiger partial charge is 0.385 e. The highest BCUT2D eigenvalue weighted by molar-refractivity contribution is 5.83. The van der Waals surface area contributed by atoms with Crippen molar-refractivity contribution in [2.24, 2.45) is 11.7 Å². The van der Waals surface area contributed by atoms with Crippen LogP contribution in [0.15, 0.2) is 18.2 Å². The van der Waals surface area contributed by atoms with E-state index in [1.165, 1.54) is 12.1 Å². The predicted octanol–water partition coefficient (Wildman–Crippen LogP) is 1.95. The van der Waals surface area contributed by atoms with Crippen molar-refractivity contribution in [3.8, 4) is 0 Å². The number of non-ortho nitro benzene ring substituents is 1. The normalized spacial score (nSPS) is 12.0. The van der Waals surface area contributed by atoms with Crippen LogP contribution in [0.25, 0.3) is 0 Å². The van der Waals surface area contributed by atoms with Crippen molar-refractivity contribution >= 4 is 23.0 Å². The minimum absolute atomic E-state index is 0.0191. The summed E-state index contributed by atoms with van der Waals surface area (Å²) in [5.74, 6) is -0.508. The Balaban J connectivity index is 3.09. The van der Waals surface area contributed by atoms with Crippen molar-refractivity contribution in [2.45, 2.75) is 26.8 Å². The molecule has 1 atom stereocenters. The van der Waals surface area contributed by atoms with E-state index in [-0.39, 0.29) is 11.6 Å². The summed E-state index contributed by atoms with van der Waals surface area (Å²) < 4.78 is 0. The average Bonchev–Trinajstić information content (AvgIpc) is 2.35. The molecule has 0 fully saturated rings. The molecule has 1 aromatic rings. The molecule has 1 rings (SSSR count). The van der Waals surface area contributed by atoms with E-state index in [0.29, 0.717) is 17.9 Å². The van der Waals surface area contributed by atoms with Gasteiger partial charge in [0.1, 0.15) is 6.04 Å². The Bertz CT molecular complexity index is 502. The molecule has 110 valence electrons. The van der Waals surface area contributed by atoms with Gasteiger partial charge in [-0.05, 0) is 18.9 Å². The Morgan fingerprint density at radius 2 is 1.95 bits per heavy atom. The van der Waals surface area contributed by atoms with Gasteiger partial charge in [-0.3, -0.25) is 14.9 Å². The smallest absolute Gasteiger partial charge is 0.273 e. The monoisotopic (exact) mass is 280 g/mol. The number of hydrogen-bond donors (Lipinski definition) is 3. The van der Waals surface area contributed by atoms with Crippen molar-refractivity contribution in [1.82, 2.24) is 0 Å². The van der Waals surface area contributed by atoms with E-state index >= 15 is 0 Å². The Morgan fingerprint density at radius 3 is 2.40 bits per heavy atom. The van der Waals surface area contributed by atoms with Gasteiger partial charge in [0.25, 0.3) is 5.69 Å². The second kappa shape index (κ2) is 6.74. The first kappa shape index (κ1) is 15.7. The second-order valence-electron chi connectivity index (χ2n) is 4.82. The number of rotatable bonds is 7. The van der Waals surface area contributed by atoms with E-state index in [0.717, 1.165) is 0 Å². The van der Waals surface area contributed by atoms with Gasteiger partial charge in [0, 0.05) is 30.1 Å². The lowest BCUT2D eigenvalue weighted by Crippen LogP contribution is -2.39. The van der Waals surface area contributed by atoms with Gasteiger partial charge in [0.05, 0.1) is 4.92 Å². The number of amides is 1. The summed E-state index contributed by atoms with van der Waals surface area (Å²) in [6.07, 6.45) is 0. The maximum absolute atomic E-state index is 11.4. The van der Waals surface area contributed by atoms with E-state index in [9.17, 15) is 14.9 Å². The highest BCUT2D eigenvalue weighted by atomic mass is 16.6. The first-order valence-corrected chi connectivity index (χ1v) is 6.44. The minimum atomic E-state index is -0.577. The van der Waals surface area contributed by atoms with Crippen LogP contribution in [0, 0.1) is 16.0 Å². The van der Waals surface area contributed by atoms with E-state index in [1.54, 1.807) is 6.07 Å². The van der Waals surface area contributed by atoms with Gasteiger partial charge in [-0.2, -0.15) is 0 Å². The standard InChI is InChI=1S/C13H20N4O3/c1-4-15-9-5-10(7-11(6-9)17(19)20)16-12(8(2)3)13(14)18/h5-8,12,15-16H,4H2,1-3H3,(H2,14,18). The average molecular weight is 280 g/mol. The Hall–Kier alpha value is -2.31. The van der Waals surface area contributed by atoms with Crippen LogP contribution in [-0.4, -0.2) is 23.4 Å². The number of nitrogens with one attached hydrogen (secondary N) is 2. The number of nitro benzene ring substituents is 1. The Kier molecular flexibility index (Phi) is 5.31. The van der Waals surface area contributed by atoms with Crippen LogP contribution in [0.2, 0.25) is 0 Å². The summed E-state index contributed by atoms with van der Waals surface area (Å²) in [5.41, 5.74) is 6.40. The molecule has 0 saturated heterocycles. The van der Waals surface area contributed by atoms with Gasteiger partial charge in [0.15, 0.2) is 0 Å². The first-order chi connectivity index (χ1) is 9.35. The van der Waals surface area contributed by atoms with Gasteiger partial charge in [-0.15, -0.1) is 0 Å². The molecule has 0 heterocycles. The fraction of sp³-hybridized carbons (Fsp3) is 0.462.